The summed E-state index contributed by atoms with van der Waals surface area (Å²) in [7, 11) is 0. The Morgan fingerprint density at radius 2 is 0.970 bits per heavy atom. The fourth-order valence-electron chi connectivity index (χ4n) is 2.86. The third-order valence-corrected chi connectivity index (χ3v) is 4.75. The van der Waals surface area contributed by atoms with E-state index in [1.165, 1.54) is 30.6 Å². The Kier molecular flexibility index (Phi) is 11.4. The van der Waals surface area contributed by atoms with Gasteiger partial charge < -0.3 is 30.8 Å². The second-order valence-electron chi connectivity index (χ2n) is 7.64. The number of hydrogen-bond acceptors (Lipinski definition) is 12. The molecule has 2 unspecified atom stereocenters. The zero-order chi connectivity index (χ0) is 25.3. The lowest BCUT2D eigenvalue weighted by Gasteiger charge is -2.53. The standard InChI is InChI=1S/C21H35N5O7/c1-13(2)16(27)31-10-7-24-19(22)25(8-11-32-17(28)14(3)4)21(30)26(20(24)23)9-12-33-18(29)15(5)6/h19-21,30H,1,3,5,7-12,22-23H2,2,4,6H3. The van der Waals surface area contributed by atoms with Crippen molar-refractivity contribution in [1.82, 2.24) is 14.7 Å². The van der Waals surface area contributed by atoms with Crippen molar-refractivity contribution in [3.8, 4) is 0 Å². The van der Waals surface area contributed by atoms with Crippen molar-refractivity contribution in [1.29, 1.82) is 0 Å². The Bertz CT molecular complexity index is 660. The summed E-state index contributed by atoms with van der Waals surface area (Å²) in [5, 5.41) is 10.9. The van der Waals surface area contributed by atoms with Crippen LogP contribution in [0.5, 0.6) is 0 Å². The van der Waals surface area contributed by atoms with Crippen molar-refractivity contribution in [2.45, 2.75) is 39.7 Å². The van der Waals surface area contributed by atoms with Gasteiger partial charge in [0.25, 0.3) is 0 Å². The van der Waals surface area contributed by atoms with Gasteiger partial charge in [-0.2, -0.15) is 0 Å². The minimum Gasteiger partial charge on any atom is -0.461 e. The predicted octanol–water partition coefficient (Wildman–Crippen LogP) is -0.976. The van der Waals surface area contributed by atoms with Crippen LogP contribution < -0.4 is 11.5 Å². The molecule has 0 aromatic carbocycles. The molecule has 186 valence electrons. The largest absolute Gasteiger partial charge is 0.461 e. The van der Waals surface area contributed by atoms with Crippen LogP contribution in [-0.4, -0.2) is 96.1 Å². The van der Waals surface area contributed by atoms with Crippen molar-refractivity contribution in [2.75, 3.05) is 39.5 Å². The molecule has 0 saturated carbocycles. The van der Waals surface area contributed by atoms with E-state index in [0.717, 1.165) is 0 Å². The summed E-state index contributed by atoms with van der Waals surface area (Å²) in [4.78, 5) is 39.5. The highest BCUT2D eigenvalue weighted by atomic mass is 16.5. The highest BCUT2D eigenvalue weighted by molar-refractivity contribution is 5.87. The van der Waals surface area contributed by atoms with Gasteiger partial charge in [0.2, 0.25) is 0 Å². The van der Waals surface area contributed by atoms with Gasteiger partial charge in [-0.1, -0.05) is 19.7 Å². The summed E-state index contributed by atoms with van der Waals surface area (Å²) < 4.78 is 15.3. The summed E-state index contributed by atoms with van der Waals surface area (Å²) >= 11 is 0. The number of carbonyl (C=O) groups excluding carboxylic acids is 3. The lowest BCUT2D eigenvalue weighted by molar-refractivity contribution is -0.249. The lowest BCUT2D eigenvalue weighted by atomic mass is 10.3. The number of aliphatic hydroxyl groups excluding tert-OH is 1. The molecule has 5 N–H and O–H groups in total. The predicted molar refractivity (Wildman–Crippen MR) is 119 cm³/mol. The van der Waals surface area contributed by atoms with E-state index in [1.54, 1.807) is 4.90 Å². The van der Waals surface area contributed by atoms with E-state index in [-0.39, 0.29) is 56.2 Å². The Morgan fingerprint density at radius 3 is 1.24 bits per heavy atom. The number of nitrogens with two attached hydrogens (primary N) is 2. The normalized spacial score (nSPS) is 21.8. The summed E-state index contributed by atoms with van der Waals surface area (Å²) in [5.74, 6) is -1.70. The first-order chi connectivity index (χ1) is 15.4. The molecule has 33 heavy (non-hydrogen) atoms. The van der Waals surface area contributed by atoms with Crippen molar-refractivity contribution >= 4 is 17.9 Å². The van der Waals surface area contributed by atoms with Crippen LogP contribution in [-0.2, 0) is 28.6 Å². The van der Waals surface area contributed by atoms with Gasteiger partial charge in [0, 0.05) is 36.4 Å². The lowest BCUT2D eigenvalue weighted by Crippen LogP contribution is -2.76. The van der Waals surface area contributed by atoms with E-state index in [4.69, 9.17) is 25.7 Å². The van der Waals surface area contributed by atoms with Crippen molar-refractivity contribution in [3.63, 3.8) is 0 Å². The fourth-order valence-corrected chi connectivity index (χ4v) is 2.86. The van der Waals surface area contributed by atoms with E-state index in [9.17, 15) is 19.5 Å². The number of ether oxygens (including phenoxy) is 3. The second-order valence-corrected chi connectivity index (χ2v) is 7.64. The molecule has 0 aliphatic carbocycles. The summed E-state index contributed by atoms with van der Waals surface area (Å²) in [6.07, 6.45) is -3.05. The highest BCUT2D eigenvalue weighted by Crippen LogP contribution is 2.20. The Morgan fingerprint density at radius 1 is 0.697 bits per heavy atom. The molecule has 1 rings (SSSR count). The molecule has 0 bridgehead atoms. The minimum absolute atomic E-state index is 0.0276. The monoisotopic (exact) mass is 469 g/mol. The highest BCUT2D eigenvalue weighted by Gasteiger charge is 2.42. The molecule has 12 heteroatoms. The van der Waals surface area contributed by atoms with Gasteiger partial charge in [-0.25, -0.2) is 29.1 Å². The smallest absolute Gasteiger partial charge is 0.333 e. The van der Waals surface area contributed by atoms with Crippen LogP contribution in [0.3, 0.4) is 0 Å². The molecule has 0 radical (unpaired) electrons. The van der Waals surface area contributed by atoms with Gasteiger partial charge in [-0.3, -0.25) is 0 Å². The van der Waals surface area contributed by atoms with Crippen LogP contribution in [0.2, 0.25) is 0 Å². The number of carbonyl (C=O) groups is 3. The molecular weight excluding hydrogens is 434 g/mol. The summed E-state index contributed by atoms with van der Waals surface area (Å²) in [6, 6.07) is 0. The molecule has 0 amide bonds. The molecule has 12 nitrogen and oxygen atoms in total. The van der Waals surface area contributed by atoms with Crippen LogP contribution in [0.4, 0.5) is 0 Å². The maximum absolute atomic E-state index is 11.7. The third-order valence-electron chi connectivity index (χ3n) is 4.75. The van der Waals surface area contributed by atoms with Gasteiger partial charge >= 0.3 is 17.9 Å². The average Bonchev–Trinajstić information content (AvgIpc) is 2.74. The second kappa shape index (κ2) is 13.2. The number of esters is 3. The number of rotatable bonds is 12. The first-order valence-corrected chi connectivity index (χ1v) is 10.3. The maximum atomic E-state index is 11.7. The van der Waals surface area contributed by atoms with E-state index in [1.807, 2.05) is 0 Å². The number of nitrogens with zero attached hydrogens (tertiary/aromatic N) is 3. The third kappa shape index (κ3) is 8.35. The van der Waals surface area contributed by atoms with Gasteiger partial charge in [0.05, 0.1) is 0 Å². The molecule has 0 aromatic rings. The molecule has 1 aliphatic rings. The number of aliphatic hydroxyl groups is 1. The summed E-state index contributed by atoms with van der Waals surface area (Å²) in [5.41, 5.74) is 13.3. The molecule has 2 atom stereocenters. The van der Waals surface area contributed by atoms with E-state index in [2.05, 4.69) is 19.7 Å². The van der Waals surface area contributed by atoms with Crippen LogP contribution in [0.1, 0.15) is 20.8 Å². The van der Waals surface area contributed by atoms with Crippen LogP contribution in [0, 0.1) is 0 Å². The van der Waals surface area contributed by atoms with Crippen LogP contribution in [0.25, 0.3) is 0 Å². The Hall–Kier alpha value is -2.61. The Balaban J connectivity index is 2.91. The molecule has 1 saturated heterocycles. The molecule has 0 spiro atoms. The maximum Gasteiger partial charge on any atom is 0.333 e. The molecule has 1 fully saturated rings. The van der Waals surface area contributed by atoms with Crippen LogP contribution >= 0.6 is 0 Å². The van der Waals surface area contributed by atoms with Crippen molar-refractivity contribution in [2.24, 2.45) is 11.5 Å². The van der Waals surface area contributed by atoms with Gasteiger partial charge in [-0.05, 0) is 20.8 Å². The van der Waals surface area contributed by atoms with Gasteiger partial charge in [0.1, 0.15) is 32.4 Å². The quantitative estimate of drug-likeness (QED) is 0.182. The molecule has 1 aliphatic heterocycles. The molecule has 1 heterocycles. The first-order valence-electron chi connectivity index (χ1n) is 10.3. The summed E-state index contributed by atoms with van der Waals surface area (Å²) in [6.45, 7) is 15.2. The minimum atomic E-state index is -1.27. The van der Waals surface area contributed by atoms with E-state index >= 15 is 0 Å². The zero-order valence-corrected chi connectivity index (χ0v) is 19.5. The average molecular weight is 470 g/mol. The number of hydrogen-bond donors (Lipinski definition) is 3. The topological polar surface area (TPSA) is 161 Å². The van der Waals surface area contributed by atoms with Crippen LogP contribution in [0.15, 0.2) is 36.5 Å². The first kappa shape index (κ1) is 28.4. The van der Waals surface area contributed by atoms with Crippen molar-refractivity contribution < 1.29 is 33.7 Å². The SMILES string of the molecule is C=C(C)C(=O)OCCN1C(N)N(CCOC(=O)C(=C)C)C(O)N(CCOC(=O)C(=C)C)C1N. The fraction of sp³-hybridized carbons (Fsp3) is 0.571. The Labute approximate surface area is 194 Å². The zero-order valence-electron chi connectivity index (χ0n) is 19.5. The van der Waals surface area contributed by atoms with Gasteiger partial charge in [0.15, 0.2) is 6.35 Å². The molecular formula is C21H35N5O7. The van der Waals surface area contributed by atoms with E-state index < -0.39 is 36.8 Å². The van der Waals surface area contributed by atoms with E-state index in [0.29, 0.717) is 0 Å². The van der Waals surface area contributed by atoms with Gasteiger partial charge in [-0.15, -0.1) is 0 Å². The molecule has 0 aromatic heterocycles. The van der Waals surface area contributed by atoms with Crippen molar-refractivity contribution in [3.05, 3.63) is 36.5 Å².